The number of rotatable bonds is 4. The molecule has 4 heteroatoms. The van der Waals surface area contributed by atoms with Crippen LogP contribution in [0.4, 0.5) is 0 Å². The monoisotopic (exact) mass is 293 g/mol. The van der Waals surface area contributed by atoms with Gasteiger partial charge in [-0.15, -0.1) is 0 Å². The van der Waals surface area contributed by atoms with E-state index in [0.717, 1.165) is 57.1 Å². The zero-order chi connectivity index (χ0) is 14.3. The molecule has 0 aromatic carbocycles. The molecule has 1 aliphatic heterocycles. The van der Waals surface area contributed by atoms with Gasteiger partial charge in [-0.25, -0.2) is 0 Å². The summed E-state index contributed by atoms with van der Waals surface area (Å²) in [4.78, 5) is 14.4. The van der Waals surface area contributed by atoms with Crippen molar-refractivity contribution in [2.45, 2.75) is 38.5 Å². The van der Waals surface area contributed by atoms with Gasteiger partial charge in [0.25, 0.3) is 0 Å². The molecule has 21 heavy (non-hydrogen) atoms. The maximum absolute atomic E-state index is 12.8. The number of hydrogen-bond acceptors (Lipinski definition) is 2. The molecule has 1 saturated heterocycles. The third kappa shape index (κ3) is 2.72. The Morgan fingerprint density at radius 2 is 1.62 bits per heavy atom. The molecule has 0 atom stereocenters. The zero-order valence-electron chi connectivity index (χ0n) is 13.0. The first-order valence-corrected chi connectivity index (χ1v) is 8.93. The van der Waals surface area contributed by atoms with Gasteiger partial charge in [0, 0.05) is 5.41 Å². The predicted molar refractivity (Wildman–Crippen MR) is 80.0 cm³/mol. The molecule has 0 aromatic heterocycles. The summed E-state index contributed by atoms with van der Waals surface area (Å²) in [6.45, 7) is 5.83. The van der Waals surface area contributed by atoms with Crippen molar-refractivity contribution in [3.05, 3.63) is 0 Å². The van der Waals surface area contributed by atoms with Gasteiger partial charge in [0.15, 0.2) is 0 Å². The van der Waals surface area contributed by atoms with Crippen LogP contribution in [0.1, 0.15) is 38.5 Å². The molecule has 4 aliphatic carbocycles. The van der Waals surface area contributed by atoms with Crippen LogP contribution < -0.4 is 10.2 Å². The molecule has 0 unspecified atom stereocenters. The van der Waals surface area contributed by atoms with E-state index in [1.165, 1.54) is 38.5 Å². The molecule has 118 valence electrons. The highest BCUT2D eigenvalue weighted by Crippen LogP contribution is 2.60. The summed E-state index contributed by atoms with van der Waals surface area (Å²) in [6.07, 6.45) is 7.75. The highest BCUT2D eigenvalue weighted by atomic mass is 16.5. The van der Waals surface area contributed by atoms with Crippen LogP contribution >= 0.6 is 0 Å². The summed E-state index contributed by atoms with van der Waals surface area (Å²) in [5, 5.41) is 3.29. The third-order valence-electron chi connectivity index (χ3n) is 6.48. The van der Waals surface area contributed by atoms with E-state index in [4.69, 9.17) is 4.74 Å². The summed E-state index contributed by atoms with van der Waals surface area (Å²) < 4.78 is 5.38. The van der Waals surface area contributed by atoms with E-state index in [2.05, 4.69) is 5.32 Å². The Labute approximate surface area is 127 Å². The quantitative estimate of drug-likeness (QED) is 0.779. The molecular weight excluding hydrogens is 264 g/mol. The topological polar surface area (TPSA) is 42.8 Å². The van der Waals surface area contributed by atoms with Crippen molar-refractivity contribution < 1.29 is 14.4 Å². The molecule has 4 nitrogen and oxygen atoms in total. The average Bonchev–Trinajstić information content (AvgIpc) is 2.47. The van der Waals surface area contributed by atoms with Crippen LogP contribution in [0.5, 0.6) is 0 Å². The van der Waals surface area contributed by atoms with Crippen molar-refractivity contribution in [1.82, 2.24) is 5.32 Å². The first-order chi connectivity index (χ1) is 10.2. The van der Waals surface area contributed by atoms with E-state index in [1.807, 2.05) is 0 Å². The first-order valence-electron chi connectivity index (χ1n) is 8.93. The standard InChI is InChI=1S/C17H28N2O2/c20-16(18-1-2-19-3-5-21-6-4-19)17-10-13-7-14(11-17)9-15(8-13)12-17/h13-15H,1-12H2,(H,18,20)/p+1. The molecular formula is C17H29N2O2+. The second-order valence-electron chi connectivity index (χ2n) is 8.07. The zero-order valence-corrected chi connectivity index (χ0v) is 13.0. The Morgan fingerprint density at radius 3 is 2.19 bits per heavy atom. The molecule has 4 saturated carbocycles. The number of morpholine rings is 1. The Hall–Kier alpha value is -0.610. The van der Waals surface area contributed by atoms with Crippen LogP contribution in [0.3, 0.4) is 0 Å². The van der Waals surface area contributed by atoms with Crippen LogP contribution in [0.25, 0.3) is 0 Å². The van der Waals surface area contributed by atoms with Crippen molar-refractivity contribution in [2.75, 3.05) is 39.4 Å². The molecule has 2 N–H and O–H groups in total. The summed E-state index contributed by atoms with van der Waals surface area (Å²) in [6, 6.07) is 0. The van der Waals surface area contributed by atoms with Gasteiger partial charge in [-0.1, -0.05) is 0 Å². The number of carbonyl (C=O) groups is 1. The molecule has 5 fully saturated rings. The Morgan fingerprint density at radius 1 is 1.05 bits per heavy atom. The minimum atomic E-state index is 0.0229. The van der Waals surface area contributed by atoms with E-state index in [0.29, 0.717) is 5.91 Å². The third-order valence-corrected chi connectivity index (χ3v) is 6.48. The van der Waals surface area contributed by atoms with Gasteiger partial charge < -0.3 is 15.0 Å². The Balaban J connectivity index is 1.30. The van der Waals surface area contributed by atoms with Crippen molar-refractivity contribution in [3.8, 4) is 0 Å². The lowest BCUT2D eigenvalue weighted by Crippen LogP contribution is -3.14. The van der Waals surface area contributed by atoms with Crippen LogP contribution in [-0.2, 0) is 9.53 Å². The van der Waals surface area contributed by atoms with Gasteiger partial charge >= 0.3 is 0 Å². The van der Waals surface area contributed by atoms with E-state index in [1.54, 1.807) is 4.90 Å². The fraction of sp³-hybridized carbons (Fsp3) is 0.941. The summed E-state index contributed by atoms with van der Waals surface area (Å²) in [5.74, 6) is 2.94. The van der Waals surface area contributed by atoms with Crippen molar-refractivity contribution in [2.24, 2.45) is 23.2 Å². The number of nitrogens with one attached hydrogen (secondary N) is 2. The molecule has 1 heterocycles. The van der Waals surface area contributed by atoms with Gasteiger partial charge in [-0.2, -0.15) is 0 Å². The molecule has 4 bridgehead atoms. The number of hydrogen-bond donors (Lipinski definition) is 2. The first kappa shape index (κ1) is 14.0. The molecule has 0 spiro atoms. The molecule has 0 aromatic rings. The van der Waals surface area contributed by atoms with Crippen LogP contribution in [0.15, 0.2) is 0 Å². The number of ether oxygens (including phenoxy) is 1. The fourth-order valence-electron chi connectivity index (χ4n) is 5.84. The van der Waals surface area contributed by atoms with E-state index in [9.17, 15) is 4.79 Å². The van der Waals surface area contributed by atoms with E-state index in [-0.39, 0.29) is 5.41 Å². The SMILES string of the molecule is O=C(NCC[NH+]1CCOCC1)C12CC3CC(CC(C3)C1)C2. The highest BCUT2D eigenvalue weighted by Gasteiger charge is 2.54. The van der Waals surface area contributed by atoms with Gasteiger partial charge in [0.1, 0.15) is 13.1 Å². The lowest BCUT2D eigenvalue weighted by atomic mass is 9.49. The van der Waals surface area contributed by atoms with Crippen molar-refractivity contribution in [1.29, 1.82) is 0 Å². The lowest BCUT2D eigenvalue weighted by molar-refractivity contribution is -0.906. The van der Waals surface area contributed by atoms with Crippen molar-refractivity contribution >= 4 is 5.91 Å². The maximum Gasteiger partial charge on any atom is 0.226 e. The minimum absolute atomic E-state index is 0.0229. The second kappa shape index (κ2) is 5.54. The van der Waals surface area contributed by atoms with Gasteiger partial charge in [-0.3, -0.25) is 4.79 Å². The van der Waals surface area contributed by atoms with Gasteiger partial charge in [0.05, 0.1) is 26.3 Å². The summed E-state index contributed by atoms with van der Waals surface area (Å²) in [7, 11) is 0. The highest BCUT2D eigenvalue weighted by molar-refractivity contribution is 5.83. The van der Waals surface area contributed by atoms with E-state index < -0.39 is 0 Å². The van der Waals surface area contributed by atoms with Crippen LogP contribution in [0, 0.1) is 23.2 Å². The lowest BCUT2D eigenvalue weighted by Gasteiger charge is -2.55. The predicted octanol–water partition coefficient (Wildman–Crippen LogP) is 0.234. The molecule has 5 rings (SSSR count). The van der Waals surface area contributed by atoms with Gasteiger partial charge in [0.2, 0.25) is 5.91 Å². The molecule has 5 aliphatic rings. The smallest absolute Gasteiger partial charge is 0.226 e. The average molecular weight is 293 g/mol. The van der Waals surface area contributed by atoms with Crippen molar-refractivity contribution in [3.63, 3.8) is 0 Å². The minimum Gasteiger partial charge on any atom is -0.370 e. The largest absolute Gasteiger partial charge is 0.370 e. The number of amides is 1. The maximum atomic E-state index is 12.8. The van der Waals surface area contributed by atoms with E-state index >= 15 is 0 Å². The number of quaternary nitrogens is 1. The van der Waals surface area contributed by atoms with Crippen LogP contribution in [0.2, 0.25) is 0 Å². The fourth-order valence-corrected chi connectivity index (χ4v) is 5.84. The Bertz CT molecular complexity index is 368. The van der Waals surface area contributed by atoms with Gasteiger partial charge in [-0.05, 0) is 56.3 Å². The Kier molecular flexibility index (Phi) is 3.70. The molecule has 1 amide bonds. The normalized spacial score (nSPS) is 42.2. The summed E-state index contributed by atoms with van der Waals surface area (Å²) >= 11 is 0. The number of carbonyl (C=O) groups excluding carboxylic acids is 1. The second-order valence-corrected chi connectivity index (χ2v) is 8.07. The summed E-state index contributed by atoms with van der Waals surface area (Å²) in [5.41, 5.74) is 0.0229. The van der Waals surface area contributed by atoms with Crippen LogP contribution in [-0.4, -0.2) is 45.3 Å². The molecule has 0 radical (unpaired) electrons.